The number of carbonyl (C=O) groups excluding carboxylic acids is 1. The third-order valence-electron chi connectivity index (χ3n) is 1.74. The molecule has 0 rings (SSSR count). The smallest absolute Gasteiger partial charge is 0.377 e. The topological polar surface area (TPSA) is 70.8 Å². The van der Waals surface area contributed by atoms with Crippen LogP contribution in [0.2, 0.25) is 6.04 Å². The van der Waals surface area contributed by atoms with E-state index in [-0.39, 0.29) is 0 Å². The molecule has 0 fully saturated rings. The first kappa shape index (κ1) is 17.7. The van der Waals surface area contributed by atoms with E-state index in [0.717, 1.165) is 18.5 Å². The molecule has 0 aromatic heterocycles. The molecule has 0 aliphatic heterocycles. The second-order valence-corrected chi connectivity index (χ2v) is 5.85. The lowest BCUT2D eigenvalue weighted by molar-refractivity contribution is -0.113. The maximum Gasteiger partial charge on any atom is 0.500 e. The van der Waals surface area contributed by atoms with E-state index < -0.39 is 14.7 Å². The molecule has 5 nitrogen and oxygen atoms in total. The fourth-order valence-corrected chi connectivity index (χ4v) is 3.01. The summed E-state index contributed by atoms with van der Waals surface area (Å²) in [4.78, 5) is 9.47. The summed E-state index contributed by atoms with van der Waals surface area (Å²) in [6, 6.07) is 0.897. The highest BCUT2D eigenvalue weighted by molar-refractivity contribution is 6.60. The molecule has 0 heterocycles. The van der Waals surface area contributed by atoms with Gasteiger partial charge in [0.05, 0.1) is 0 Å². The second-order valence-electron chi connectivity index (χ2n) is 2.88. The molecule has 0 aliphatic carbocycles. The Morgan fingerprint density at radius 2 is 1.81 bits per heavy atom. The van der Waals surface area contributed by atoms with E-state index in [9.17, 15) is 4.79 Å². The summed E-state index contributed by atoms with van der Waals surface area (Å²) >= 11 is 0. The van der Waals surface area contributed by atoms with Crippen molar-refractivity contribution in [2.45, 2.75) is 26.3 Å². The van der Waals surface area contributed by atoms with Crippen LogP contribution in [0.5, 0.6) is 0 Å². The first-order valence-electron chi connectivity index (χ1n) is 5.18. The molecule has 0 aliphatic rings. The maximum atomic E-state index is 9.47. The molecule has 0 unspecified atom stereocenters. The van der Waals surface area contributed by atoms with Gasteiger partial charge in [-0.3, -0.25) is 4.79 Å². The highest BCUT2D eigenvalue weighted by Crippen LogP contribution is 2.14. The fourth-order valence-electron chi connectivity index (χ4n) is 1.00. The summed E-state index contributed by atoms with van der Waals surface area (Å²) < 4.78 is 16.0. The van der Waals surface area contributed by atoms with E-state index in [2.05, 4.69) is 19.2 Å². The maximum absolute atomic E-state index is 9.47. The zero-order valence-corrected chi connectivity index (χ0v) is 11.6. The van der Waals surface area contributed by atoms with Crippen LogP contribution in [0.4, 0.5) is 0 Å². The van der Waals surface area contributed by atoms with E-state index in [1.54, 1.807) is 14.2 Å². The number of amides is 1. The molecule has 2 N–H and O–H groups in total. The van der Waals surface area contributed by atoms with Gasteiger partial charge in [0.15, 0.2) is 0 Å². The van der Waals surface area contributed by atoms with Crippen LogP contribution in [0.3, 0.4) is 0 Å². The lowest BCUT2D eigenvalue weighted by Gasteiger charge is -2.24. The monoisotopic (exact) mass is 249 g/mol. The highest BCUT2D eigenvalue weighted by atomic mass is 28.4. The van der Waals surface area contributed by atoms with Crippen molar-refractivity contribution in [3.63, 3.8) is 0 Å². The Kier molecular flexibility index (Phi) is 12.0. The predicted octanol–water partition coefficient (Wildman–Crippen LogP) is 1.32. The Labute approximate surface area is 98.9 Å². The molecule has 0 aromatic carbocycles. The number of carbonyl (C=O) groups is 1. The number of primary amides is 1. The lowest BCUT2D eigenvalue weighted by Crippen LogP contribution is -2.43. The molecular weight excluding hydrogens is 226 g/mol. The molecule has 0 atom stereocenters. The van der Waals surface area contributed by atoms with Crippen LogP contribution >= 0.6 is 0 Å². The minimum absolute atomic E-state index is 0.481. The summed E-state index contributed by atoms with van der Waals surface area (Å²) in [5, 5.41) is 0. The van der Waals surface area contributed by atoms with E-state index in [0.29, 0.717) is 6.61 Å². The highest BCUT2D eigenvalue weighted by Gasteiger charge is 2.37. The zero-order valence-electron chi connectivity index (χ0n) is 10.6. The number of rotatable bonds is 7. The Balaban J connectivity index is 0. The van der Waals surface area contributed by atoms with Crippen molar-refractivity contribution in [1.82, 2.24) is 0 Å². The molecule has 0 radical (unpaired) electrons. The van der Waals surface area contributed by atoms with Gasteiger partial charge >= 0.3 is 8.80 Å². The first-order valence-corrected chi connectivity index (χ1v) is 7.11. The minimum atomic E-state index is -2.24. The average Bonchev–Trinajstić information content (AvgIpc) is 2.29. The van der Waals surface area contributed by atoms with E-state index in [4.69, 9.17) is 13.3 Å². The van der Waals surface area contributed by atoms with Crippen LogP contribution in [0.25, 0.3) is 0 Å². The largest absolute Gasteiger partial charge is 0.500 e. The summed E-state index contributed by atoms with van der Waals surface area (Å²) in [6.45, 7) is 7.80. The van der Waals surface area contributed by atoms with Crippen LogP contribution in [-0.4, -0.2) is 35.5 Å². The van der Waals surface area contributed by atoms with Crippen LogP contribution in [0.1, 0.15) is 20.3 Å². The Morgan fingerprint density at radius 1 is 1.38 bits per heavy atom. The average molecular weight is 249 g/mol. The third kappa shape index (κ3) is 8.60. The minimum Gasteiger partial charge on any atom is -0.377 e. The van der Waals surface area contributed by atoms with Crippen LogP contribution in [0, 0.1) is 0 Å². The van der Waals surface area contributed by atoms with Gasteiger partial charge in [-0.15, -0.1) is 0 Å². The summed E-state index contributed by atoms with van der Waals surface area (Å²) in [7, 11) is 1.06. The van der Waals surface area contributed by atoms with Crippen molar-refractivity contribution in [2.24, 2.45) is 5.73 Å². The van der Waals surface area contributed by atoms with Gasteiger partial charge in [-0.05, 0) is 13.0 Å². The second kappa shape index (κ2) is 10.8. The number of hydrogen-bond acceptors (Lipinski definition) is 4. The normalized spacial score (nSPS) is 10.2. The third-order valence-corrected chi connectivity index (χ3v) is 4.83. The van der Waals surface area contributed by atoms with Gasteiger partial charge in [0, 0.05) is 26.9 Å². The molecule has 0 saturated heterocycles. The van der Waals surface area contributed by atoms with E-state index in [1.165, 1.54) is 0 Å². The number of hydrogen-bond donors (Lipinski definition) is 1. The molecule has 0 saturated carbocycles. The van der Waals surface area contributed by atoms with Crippen molar-refractivity contribution in [1.29, 1.82) is 0 Å². The van der Waals surface area contributed by atoms with Gasteiger partial charge in [0.2, 0.25) is 5.91 Å². The standard InChI is InChI=1S/C7H18O3Si.C3H5NO/c1-5-7-11(8-3,9-4)10-6-2;1-2-3(4)5/h5-7H2,1-4H3;2H,1H2,(H2,4,5). The molecular formula is C10H23NO4Si. The van der Waals surface area contributed by atoms with Gasteiger partial charge in [-0.25, -0.2) is 0 Å². The van der Waals surface area contributed by atoms with Gasteiger partial charge < -0.3 is 19.0 Å². The predicted molar refractivity (Wildman–Crippen MR) is 65.9 cm³/mol. The number of nitrogens with two attached hydrogens (primary N) is 1. The zero-order chi connectivity index (χ0) is 13.0. The van der Waals surface area contributed by atoms with Crippen LogP contribution in [-0.2, 0) is 18.1 Å². The quantitative estimate of drug-likeness (QED) is 0.546. The molecule has 96 valence electrons. The van der Waals surface area contributed by atoms with E-state index in [1.807, 2.05) is 6.92 Å². The molecule has 1 amide bonds. The molecule has 6 heteroatoms. The van der Waals surface area contributed by atoms with Crippen molar-refractivity contribution in [3.05, 3.63) is 12.7 Å². The molecule has 0 aromatic rings. The fraction of sp³-hybridized carbons (Fsp3) is 0.700. The van der Waals surface area contributed by atoms with Crippen molar-refractivity contribution >= 4 is 14.7 Å². The van der Waals surface area contributed by atoms with E-state index >= 15 is 0 Å². The molecule has 0 spiro atoms. The van der Waals surface area contributed by atoms with Crippen molar-refractivity contribution in [3.8, 4) is 0 Å². The first-order chi connectivity index (χ1) is 7.51. The molecule has 0 bridgehead atoms. The van der Waals surface area contributed by atoms with Crippen LogP contribution < -0.4 is 5.73 Å². The van der Waals surface area contributed by atoms with Crippen molar-refractivity contribution < 1.29 is 18.1 Å². The van der Waals surface area contributed by atoms with Gasteiger partial charge in [0.25, 0.3) is 0 Å². The van der Waals surface area contributed by atoms with Gasteiger partial charge in [0.1, 0.15) is 0 Å². The van der Waals surface area contributed by atoms with Crippen LogP contribution in [0.15, 0.2) is 12.7 Å². The summed E-state index contributed by atoms with van der Waals surface area (Å²) in [6.07, 6.45) is 2.09. The molecule has 16 heavy (non-hydrogen) atoms. The summed E-state index contributed by atoms with van der Waals surface area (Å²) in [5.74, 6) is -0.481. The van der Waals surface area contributed by atoms with Gasteiger partial charge in [-0.2, -0.15) is 0 Å². The summed E-state index contributed by atoms with van der Waals surface area (Å²) in [5.41, 5.74) is 4.53. The lowest BCUT2D eigenvalue weighted by atomic mass is 10.6. The van der Waals surface area contributed by atoms with Crippen molar-refractivity contribution in [2.75, 3.05) is 20.8 Å². The Bertz CT molecular complexity index is 187. The Morgan fingerprint density at radius 3 is 2.00 bits per heavy atom. The van der Waals surface area contributed by atoms with Gasteiger partial charge in [-0.1, -0.05) is 19.9 Å². The SMILES string of the molecule is C=CC(N)=O.CCC[Si](OC)(OC)OCC. The Hall–Kier alpha value is -0.693.